The minimum Gasteiger partial charge on any atom is -0.481 e. The molecule has 0 spiro atoms. The molecule has 4 rings (SSSR count). The van der Waals surface area contributed by atoms with Crippen LogP contribution in [0, 0.1) is 5.92 Å². The zero-order valence-corrected chi connectivity index (χ0v) is 21.4. The zero-order valence-electron chi connectivity index (χ0n) is 19.0. The largest absolute Gasteiger partial charge is 0.481 e. The number of pyridine rings is 1. The molecule has 0 radical (unpaired) electrons. The van der Waals surface area contributed by atoms with E-state index in [1.165, 1.54) is 25.4 Å². The molecule has 35 heavy (non-hydrogen) atoms. The predicted molar refractivity (Wildman–Crippen MR) is 137 cm³/mol. The van der Waals surface area contributed by atoms with Crippen LogP contribution in [0.4, 0.5) is 5.82 Å². The van der Waals surface area contributed by atoms with Crippen molar-refractivity contribution in [3.05, 3.63) is 56.4 Å². The van der Waals surface area contributed by atoms with Crippen LogP contribution in [0.3, 0.4) is 0 Å². The second kappa shape index (κ2) is 11.2. The number of ether oxygens (including phenoxy) is 1. The number of hydrogen-bond donors (Lipinski definition) is 2. The first-order valence-corrected chi connectivity index (χ1v) is 13.3. The Bertz CT molecular complexity index is 1290. The fourth-order valence-corrected chi connectivity index (χ4v) is 5.13. The van der Waals surface area contributed by atoms with Crippen molar-refractivity contribution in [1.29, 1.82) is 0 Å². The number of anilines is 1. The molecule has 9 nitrogen and oxygen atoms in total. The van der Waals surface area contributed by atoms with E-state index < -0.39 is 13.9 Å². The molecule has 0 aliphatic carbocycles. The van der Waals surface area contributed by atoms with Crippen LogP contribution >= 0.6 is 31.6 Å². The third kappa shape index (κ3) is 5.93. The van der Waals surface area contributed by atoms with Gasteiger partial charge in [-0.15, -0.1) is 0 Å². The van der Waals surface area contributed by atoms with Crippen LogP contribution in [0.2, 0.25) is 10.0 Å². The van der Waals surface area contributed by atoms with Gasteiger partial charge in [0, 0.05) is 36.3 Å². The summed E-state index contributed by atoms with van der Waals surface area (Å²) in [6.07, 6.45) is 4.39. The van der Waals surface area contributed by atoms with Gasteiger partial charge in [0.25, 0.3) is 5.56 Å². The number of aromatic nitrogens is 3. The monoisotopic (exact) mass is 538 g/mol. The lowest BCUT2D eigenvalue weighted by Gasteiger charge is -2.33. The minimum absolute atomic E-state index is 0.257. The van der Waals surface area contributed by atoms with Gasteiger partial charge in [0.1, 0.15) is 12.4 Å². The molecule has 0 saturated carbocycles. The van der Waals surface area contributed by atoms with E-state index in [9.17, 15) is 19.4 Å². The lowest BCUT2D eigenvalue weighted by atomic mass is 9.94. The molecule has 0 atom stereocenters. The van der Waals surface area contributed by atoms with E-state index in [1.54, 1.807) is 12.1 Å². The molecule has 1 saturated heterocycles. The SMILES string of the molecule is COc1cc2cnn(CC(=O)c3ccc(Cl)c(Cl)c3)c(=O)c2c(N2CCC(CCP(O)O)CC2)n1. The van der Waals surface area contributed by atoms with Crippen molar-refractivity contribution in [3.63, 3.8) is 0 Å². The molecule has 1 aromatic carbocycles. The number of benzene rings is 1. The number of fused-ring (bicyclic) bond motifs is 1. The van der Waals surface area contributed by atoms with Gasteiger partial charge in [-0.2, -0.15) is 10.1 Å². The Hall–Kier alpha value is -2.29. The number of piperidine rings is 1. The first-order valence-electron chi connectivity index (χ1n) is 11.1. The number of ketones is 1. The highest BCUT2D eigenvalue weighted by Crippen LogP contribution is 2.33. The van der Waals surface area contributed by atoms with E-state index >= 15 is 0 Å². The molecule has 0 unspecified atom stereocenters. The fraction of sp³-hybridized carbons (Fsp3) is 0.391. The maximum atomic E-state index is 13.5. The molecule has 3 aromatic rings. The molecule has 2 N–H and O–H groups in total. The number of rotatable bonds is 8. The quantitative estimate of drug-likeness (QED) is 0.327. The maximum absolute atomic E-state index is 13.5. The van der Waals surface area contributed by atoms with Crippen molar-refractivity contribution >= 4 is 54.0 Å². The molecule has 3 heterocycles. The molecule has 186 valence electrons. The number of hydrogen-bond acceptors (Lipinski definition) is 8. The lowest BCUT2D eigenvalue weighted by molar-refractivity contribution is 0.0966. The van der Waals surface area contributed by atoms with Crippen LogP contribution in [-0.2, 0) is 6.54 Å². The first-order chi connectivity index (χ1) is 16.8. The number of halogens is 2. The highest BCUT2D eigenvalue weighted by Gasteiger charge is 2.25. The Labute approximate surface area is 213 Å². The summed E-state index contributed by atoms with van der Waals surface area (Å²) in [5.74, 6) is 0.919. The molecule has 2 aromatic heterocycles. The van der Waals surface area contributed by atoms with Crippen molar-refractivity contribution in [2.45, 2.75) is 25.8 Å². The Morgan fingerprint density at radius 1 is 1.20 bits per heavy atom. The summed E-state index contributed by atoms with van der Waals surface area (Å²) in [5, 5.41) is 5.74. The van der Waals surface area contributed by atoms with Gasteiger partial charge in [0.05, 0.1) is 28.7 Å². The molecule has 1 aliphatic heterocycles. The van der Waals surface area contributed by atoms with Gasteiger partial charge in [-0.3, -0.25) is 9.59 Å². The topological polar surface area (TPSA) is 118 Å². The van der Waals surface area contributed by atoms with Crippen molar-refractivity contribution < 1.29 is 19.3 Å². The summed E-state index contributed by atoms with van der Waals surface area (Å²) < 4.78 is 6.48. The van der Waals surface area contributed by atoms with Gasteiger partial charge in [-0.25, -0.2) is 4.68 Å². The second-order valence-corrected chi connectivity index (χ2v) is 10.4. The molecule has 0 amide bonds. The molecule has 12 heteroatoms. The number of carbonyl (C=O) groups is 1. The van der Waals surface area contributed by atoms with E-state index in [4.69, 9.17) is 27.9 Å². The summed E-state index contributed by atoms with van der Waals surface area (Å²) in [6, 6.07) is 6.21. The maximum Gasteiger partial charge on any atom is 0.278 e. The third-order valence-electron chi connectivity index (χ3n) is 6.19. The fourth-order valence-electron chi connectivity index (χ4n) is 4.24. The van der Waals surface area contributed by atoms with E-state index in [0.717, 1.165) is 23.9 Å². The summed E-state index contributed by atoms with van der Waals surface area (Å²) in [6.45, 7) is 1.07. The third-order valence-corrected chi connectivity index (χ3v) is 7.58. The highest BCUT2D eigenvalue weighted by molar-refractivity contribution is 7.45. The zero-order chi connectivity index (χ0) is 25.1. The molecule has 1 fully saturated rings. The van der Waals surface area contributed by atoms with E-state index in [0.29, 0.717) is 58.2 Å². The average molecular weight is 539 g/mol. The van der Waals surface area contributed by atoms with Gasteiger partial charge in [-0.1, -0.05) is 23.2 Å². The summed E-state index contributed by atoms with van der Waals surface area (Å²) in [4.78, 5) is 51.3. The average Bonchev–Trinajstić information content (AvgIpc) is 2.85. The van der Waals surface area contributed by atoms with Crippen LogP contribution in [0.15, 0.2) is 35.3 Å². The number of methoxy groups -OCH3 is 1. The highest BCUT2D eigenvalue weighted by atomic mass is 35.5. The van der Waals surface area contributed by atoms with Gasteiger partial charge < -0.3 is 19.4 Å². The number of nitrogens with zero attached hydrogens (tertiary/aromatic N) is 4. The second-order valence-electron chi connectivity index (χ2n) is 8.43. The smallest absolute Gasteiger partial charge is 0.278 e. The van der Waals surface area contributed by atoms with Crippen LogP contribution in [0.25, 0.3) is 10.8 Å². The molecular weight excluding hydrogens is 514 g/mol. The summed E-state index contributed by atoms with van der Waals surface area (Å²) >= 11 is 12.0. The van der Waals surface area contributed by atoms with Gasteiger partial charge >= 0.3 is 0 Å². The van der Waals surface area contributed by atoms with Crippen LogP contribution in [-0.4, -0.2) is 56.7 Å². The lowest BCUT2D eigenvalue weighted by Crippen LogP contribution is -2.36. The van der Waals surface area contributed by atoms with Crippen LogP contribution in [0.1, 0.15) is 29.6 Å². The Kier molecular flexibility index (Phi) is 8.24. The number of Topliss-reactive ketones (excluding diaryl/α,β-unsaturated/α-hetero) is 1. The Morgan fingerprint density at radius 3 is 2.60 bits per heavy atom. The summed E-state index contributed by atoms with van der Waals surface area (Å²) in [5.41, 5.74) is -0.0906. The molecule has 1 aliphatic rings. The Morgan fingerprint density at radius 2 is 1.94 bits per heavy atom. The summed E-state index contributed by atoms with van der Waals surface area (Å²) in [7, 11) is -0.371. The van der Waals surface area contributed by atoms with E-state index in [1.807, 2.05) is 4.90 Å². The van der Waals surface area contributed by atoms with E-state index in [2.05, 4.69) is 10.1 Å². The van der Waals surface area contributed by atoms with E-state index in [-0.39, 0.29) is 17.4 Å². The van der Waals surface area contributed by atoms with Crippen LogP contribution < -0.4 is 15.2 Å². The standard InChI is InChI=1S/C23H25Cl2N4O5P/c1-34-20-11-16-12-26-29(13-19(30)15-2-3-17(24)18(25)10-15)23(31)21(16)22(27-20)28-7-4-14(5-8-28)6-9-35(32)33/h2-3,10-12,14,32-33H,4-9,13H2,1H3. The van der Waals surface area contributed by atoms with Gasteiger partial charge in [0.15, 0.2) is 14.2 Å². The first kappa shape index (κ1) is 25.8. The number of carbonyl (C=O) groups excluding carboxylic acids is 1. The van der Waals surface area contributed by atoms with Crippen molar-refractivity contribution in [3.8, 4) is 5.88 Å². The van der Waals surface area contributed by atoms with Crippen molar-refractivity contribution in [2.24, 2.45) is 5.92 Å². The molecular formula is C23H25Cl2N4O5P. The Balaban J connectivity index is 1.64. The van der Waals surface area contributed by atoms with Gasteiger partial charge in [0.2, 0.25) is 5.88 Å². The van der Waals surface area contributed by atoms with Crippen molar-refractivity contribution in [2.75, 3.05) is 31.3 Å². The molecule has 0 bridgehead atoms. The minimum atomic E-state index is -1.88. The van der Waals surface area contributed by atoms with Crippen molar-refractivity contribution in [1.82, 2.24) is 14.8 Å². The predicted octanol–water partition coefficient (Wildman–Crippen LogP) is 3.89. The van der Waals surface area contributed by atoms with Gasteiger partial charge in [-0.05, 0) is 43.4 Å². The normalized spacial score (nSPS) is 14.6. The van der Waals surface area contributed by atoms with Crippen LogP contribution in [0.5, 0.6) is 5.88 Å².